The summed E-state index contributed by atoms with van der Waals surface area (Å²) in [5.74, 6) is 1.69. The Morgan fingerprint density at radius 1 is 1.24 bits per heavy atom. The topological polar surface area (TPSA) is 57.5 Å². The average Bonchev–Trinajstić information content (AvgIpc) is 3.31. The average molecular weight is 343 g/mol. The van der Waals surface area contributed by atoms with Gasteiger partial charge in [-0.3, -0.25) is 4.68 Å². The molecule has 6 nitrogen and oxygen atoms in total. The summed E-state index contributed by atoms with van der Waals surface area (Å²) in [6.45, 7) is 5.88. The lowest BCUT2D eigenvalue weighted by Crippen LogP contribution is -2.46. The van der Waals surface area contributed by atoms with Crippen molar-refractivity contribution < 1.29 is 14.2 Å². The second-order valence-corrected chi connectivity index (χ2v) is 6.97. The van der Waals surface area contributed by atoms with Gasteiger partial charge >= 0.3 is 0 Å². The van der Waals surface area contributed by atoms with Gasteiger partial charge in [-0.15, -0.1) is 0 Å². The van der Waals surface area contributed by atoms with Gasteiger partial charge in [0.05, 0.1) is 6.54 Å². The second-order valence-electron chi connectivity index (χ2n) is 6.97. The monoisotopic (exact) mass is 343 g/mol. The van der Waals surface area contributed by atoms with Gasteiger partial charge in [0.2, 0.25) is 6.79 Å². The normalized spacial score (nSPS) is 19.7. The molecule has 0 spiro atoms. The molecule has 25 heavy (non-hydrogen) atoms. The minimum atomic E-state index is 0.0671. The van der Waals surface area contributed by atoms with Crippen molar-refractivity contribution in [1.29, 1.82) is 0 Å². The van der Waals surface area contributed by atoms with Crippen LogP contribution in [0.25, 0.3) is 0 Å². The van der Waals surface area contributed by atoms with Crippen LogP contribution >= 0.6 is 0 Å². The first kappa shape index (κ1) is 16.4. The molecule has 2 aromatic rings. The first-order chi connectivity index (χ1) is 12.3. The second kappa shape index (κ2) is 7.06. The molecule has 1 atom stereocenters. The molecule has 134 valence electrons. The van der Waals surface area contributed by atoms with E-state index in [1.807, 2.05) is 29.2 Å². The molecule has 0 aliphatic carbocycles. The van der Waals surface area contributed by atoms with Gasteiger partial charge in [0, 0.05) is 43.6 Å². The predicted octanol–water partition coefficient (Wildman–Crippen LogP) is 2.34. The van der Waals surface area contributed by atoms with Crippen LogP contribution in [0.2, 0.25) is 0 Å². The van der Waals surface area contributed by atoms with Crippen molar-refractivity contribution in [1.82, 2.24) is 15.1 Å². The molecular formula is C19H25N3O3. The fraction of sp³-hybridized carbons (Fsp3) is 0.526. The standard InChI is InChI=1S/C19H25N3O3/c1-15(12-22-8-2-7-21-22)20-13-19(5-9-23-10-6-19)16-3-4-17-18(11-16)25-14-24-17/h2-4,7-8,11,15,20H,5-6,9-10,12-14H2,1H3/t15-/m0/s1. The van der Waals surface area contributed by atoms with Gasteiger partial charge < -0.3 is 19.5 Å². The summed E-state index contributed by atoms with van der Waals surface area (Å²) < 4.78 is 18.6. The minimum absolute atomic E-state index is 0.0671. The van der Waals surface area contributed by atoms with E-state index in [2.05, 4.69) is 29.5 Å². The summed E-state index contributed by atoms with van der Waals surface area (Å²) in [6.07, 6.45) is 5.84. The number of rotatable bonds is 6. The number of benzene rings is 1. The predicted molar refractivity (Wildman–Crippen MR) is 94.0 cm³/mol. The molecule has 0 amide bonds. The smallest absolute Gasteiger partial charge is 0.231 e. The fourth-order valence-electron chi connectivity index (χ4n) is 3.68. The van der Waals surface area contributed by atoms with E-state index in [0.29, 0.717) is 12.8 Å². The molecule has 1 saturated heterocycles. The fourth-order valence-corrected chi connectivity index (χ4v) is 3.68. The van der Waals surface area contributed by atoms with E-state index in [-0.39, 0.29) is 5.41 Å². The van der Waals surface area contributed by atoms with Crippen molar-refractivity contribution in [2.24, 2.45) is 0 Å². The third kappa shape index (κ3) is 3.50. The Balaban J connectivity index is 1.49. The highest BCUT2D eigenvalue weighted by Crippen LogP contribution is 2.40. The molecule has 6 heteroatoms. The van der Waals surface area contributed by atoms with Gasteiger partial charge in [-0.1, -0.05) is 6.07 Å². The lowest BCUT2D eigenvalue weighted by molar-refractivity contribution is 0.0487. The molecule has 0 unspecified atom stereocenters. The molecule has 2 aliphatic rings. The largest absolute Gasteiger partial charge is 0.454 e. The van der Waals surface area contributed by atoms with E-state index < -0.39 is 0 Å². The zero-order chi connectivity index (χ0) is 17.1. The molecule has 1 aromatic carbocycles. The first-order valence-corrected chi connectivity index (χ1v) is 8.94. The molecule has 0 bridgehead atoms. The number of ether oxygens (including phenoxy) is 3. The van der Waals surface area contributed by atoms with Crippen LogP contribution in [0.4, 0.5) is 0 Å². The number of nitrogens with zero attached hydrogens (tertiary/aromatic N) is 2. The van der Waals surface area contributed by atoms with E-state index in [4.69, 9.17) is 14.2 Å². The summed E-state index contributed by atoms with van der Waals surface area (Å²) >= 11 is 0. The summed E-state index contributed by atoms with van der Waals surface area (Å²) in [6, 6.07) is 8.65. The van der Waals surface area contributed by atoms with Gasteiger partial charge in [0.1, 0.15) is 0 Å². The van der Waals surface area contributed by atoms with E-state index in [1.54, 1.807) is 0 Å². The molecule has 3 heterocycles. The van der Waals surface area contributed by atoms with Gasteiger partial charge in [-0.25, -0.2) is 0 Å². The Morgan fingerprint density at radius 2 is 2.08 bits per heavy atom. The zero-order valence-electron chi connectivity index (χ0n) is 14.6. The third-order valence-corrected chi connectivity index (χ3v) is 5.24. The number of aromatic nitrogens is 2. The van der Waals surface area contributed by atoms with Crippen LogP contribution in [0.1, 0.15) is 25.3 Å². The molecule has 0 radical (unpaired) electrons. The van der Waals surface area contributed by atoms with Crippen LogP contribution in [0.15, 0.2) is 36.7 Å². The quantitative estimate of drug-likeness (QED) is 0.872. The number of nitrogens with one attached hydrogen (secondary N) is 1. The summed E-state index contributed by atoms with van der Waals surface area (Å²) in [5, 5.41) is 8.00. The molecule has 4 rings (SSSR count). The van der Waals surface area contributed by atoms with Gasteiger partial charge in [-0.2, -0.15) is 5.10 Å². The van der Waals surface area contributed by atoms with Crippen molar-refractivity contribution in [2.75, 3.05) is 26.6 Å². The molecule has 2 aliphatic heterocycles. The van der Waals surface area contributed by atoms with Crippen molar-refractivity contribution in [3.63, 3.8) is 0 Å². The van der Waals surface area contributed by atoms with Crippen LogP contribution in [-0.4, -0.2) is 42.4 Å². The maximum Gasteiger partial charge on any atom is 0.231 e. The highest BCUT2D eigenvalue weighted by atomic mass is 16.7. The number of fused-ring (bicyclic) bond motifs is 1. The van der Waals surface area contributed by atoms with Crippen LogP contribution in [0.3, 0.4) is 0 Å². The molecular weight excluding hydrogens is 318 g/mol. The van der Waals surface area contributed by atoms with Gasteiger partial charge in [-0.05, 0) is 43.5 Å². The van der Waals surface area contributed by atoms with Gasteiger partial charge in [0.15, 0.2) is 11.5 Å². The number of hydrogen-bond donors (Lipinski definition) is 1. The lowest BCUT2D eigenvalue weighted by Gasteiger charge is -2.39. The van der Waals surface area contributed by atoms with Crippen molar-refractivity contribution in [3.05, 3.63) is 42.2 Å². The lowest BCUT2D eigenvalue weighted by atomic mass is 9.74. The zero-order valence-corrected chi connectivity index (χ0v) is 14.6. The van der Waals surface area contributed by atoms with Crippen LogP contribution in [0.5, 0.6) is 11.5 Å². The Morgan fingerprint density at radius 3 is 2.88 bits per heavy atom. The van der Waals surface area contributed by atoms with Crippen molar-refractivity contribution >= 4 is 0 Å². The molecule has 1 fully saturated rings. The SMILES string of the molecule is C[C@@H](Cn1cccn1)NCC1(c2ccc3c(c2)OCO3)CCOCC1. The molecule has 1 aromatic heterocycles. The Bertz CT molecular complexity index is 696. The summed E-state index contributed by atoms with van der Waals surface area (Å²) in [5.41, 5.74) is 1.37. The Hall–Kier alpha value is -2.05. The molecule has 1 N–H and O–H groups in total. The van der Waals surface area contributed by atoms with E-state index >= 15 is 0 Å². The minimum Gasteiger partial charge on any atom is -0.454 e. The highest BCUT2D eigenvalue weighted by Gasteiger charge is 2.35. The Kier molecular flexibility index (Phi) is 4.63. The van der Waals surface area contributed by atoms with E-state index in [9.17, 15) is 0 Å². The Labute approximate surface area is 148 Å². The van der Waals surface area contributed by atoms with Crippen LogP contribution < -0.4 is 14.8 Å². The van der Waals surface area contributed by atoms with E-state index in [1.165, 1.54) is 5.56 Å². The third-order valence-electron chi connectivity index (χ3n) is 5.24. The van der Waals surface area contributed by atoms with Crippen molar-refractivity contribution in [3.8, 4) is 11.5 Å². The summed E-state index contributed by atoms with van der Waals surface area (Å²) in [4.78, 5) is 0. The number of hydrogen-bond acceptors (Lipinski definition) is 5. The molecule has 0 saturated carbocycles. The van der Waals surface area contributed by atoms with Crippen LogP contribution in [0, 0.1) is 0 Å². The van der Waals surface area contributed by atoms with Gasteiger partial charge in [0.25, 0.3) is 0 Å². The maximum atomic E-state index is 5.63. The van der Waals surface area contributed by atoms with E-state index in [0.717, 1.165) is 50.6 Å². The summed E-state index contributed by atoms with van der Waals surface area (Å²) in [7, 11) is 0. The van der Waals surface area contributed by atoms with Crippen molar-refractivity contribution in [2.45, 2.75) is 37.8 Å². The highest BCUT2D eigenvalue weighted by molar-refractivity contribution is 5.47. The maximum absolute atomic E-state index is 5.63. The first-order valence-electron chi connectivity index (χ1n) is 8.94. The van der Waals surface area contributed by atoms with Crippen LogP contribution in [-0.2, 0) is 16.7 Å².